The van der Waals surface area contributed by atoms with E-state index in [1.54, 1.807) is 40.9 Å². The van der Waals surface area contributed by atoms with Gasteiger partial charge in [0.2, 0.25) is 0 Å². The summed E-state index contributed by atoms with van der Waals surface area (Å²) in [6, 6.07) is 9.38. The molecule has 0 saturated heterocycles. The highest BCUT2D eigenvalue weighted by atomic mass is 35.5. The molecular weight excluding hydrogens is 406 g/mol. The molecule has 0 aromatic carbocycles. The second kappa shape index (κ2) is 7.09. The van der Waals surface area contributed by atoms with Crippen LogP contribution in [0.2, 0.25) is 5.15 Å². The predicted octanol–water partition coefficient (Wildman–Crippen LogP) is 4.76. The summed E-state index contributed by atoms with van der Waals surface area (Å²) in [4.78, 5) is 32.4. The van der Waals surface area contributed by atoms with Crippen LogP contribution in [-0.4, -0.2) is 32.4 Å². The summed E-state index contributed by atoms with van der Waals surface area (Å²) in [5, 5.41) is 1.31. The molecule has 0 spiro atoms. The molecule has 0 bridgehead atoms. The van der Waals surface area contributed by atoms with Gasteiger partial charge in [-0.1, -0.05) is 11.6 Å². The van der Waals surface area contributed by atoms with E-state index in [9.17, 15) is 4.79 Å². The van der Waals surface area contributed by atoms with Crippen LogP contribution in [0.15, 0.2) is 48.9 Å². The van der Waals surface area contributed by atoms with Gasteiger partial charge in [-0.3, -0.25) is 14.7 Å². The average Bonchev–Trinajstić information content (AvgIpc) is 3.34. The van der Waals surface area contributed by atoms with Crippen molar-refractivity contribution in [3.63, 3.8) is 0 Å². The number of aromatic amines is 1. The third kappa shape index (κ3) is 3.22. The van der Waals surface area contributed by atoms with Gasteiger partial charge in [0, 0.05) is 58.9 Å². The van der Waals surface area contributed by atoms with E-state index < -0.39 is 0 Å². The second-order valence-electron chi connectivity index (χ2n) is 6.79. The van der Waals surface area contributed by atoms with E-state index in [4.69, 9.17) is 16.6 Å². The van der Waals surface area contributed by atoms with Crippen molar-refractivity contribution in [3.05, 3.63) is 70.2 Å². The maximum absolute atomic E-state index is 13.2. The largest absolute Gasteiger partial charge is 0.358 e. The molecule has 5 heterocycles. The number of fused-ring (bicyclic) bond motifs is 1. The van der Waals surface area contributed by atoms with Gasteiger partial charge in [0.05, 0.1) is 5.56 Å². The number of rotatable bonds is 3. The summed E-state index contributed by atoms with van der Waals surface area (Å²) in [6.07, 6.45) is 5.96. The number of carbonyl (C=O) groups excluding carboxylic acids is 1. The molecule has 1 aliphatic rings. The van der Waals surface area contributed by atoms with Gasteiger partial charge in [-0.2, -0.15) is 0 Å². The van der Waals surface area contributed by atoms with Crippen LogP contribution in [0.25, 0.3) is 21.8 Å². The Kier molecular flexibility index (Phi) is 4.41. The van der Waals surface area contributed by atoms with Crippen LogP contribution in [0.3, 0.4) is 0 Å². The van der Waals surface area contributed by atoms with Crippen molar-refractivity contribution in [1.82, 2.24) is 19.9 Å². The first-order valence-electron chi connectivity index (χ1n) is 9.13. The Balaban J connectivity index is 1.48. The molecule has 0 aliphatic carbocycles. The van der Waals surface area contributed by atoms with Crippen molar-refractivity contribution in [3.8, 4) is 21.8 Å². The van der Waals surface area contributed by atoms with Crippen molar-refractivity contribution in [1.29, 1.82) is 0 Å². The zero-order chi connectivity index (χ0) is 20.0. The highest BCUT2D eigenvalue weighted by molar-refractivity contribution is 7.15. The van der Waals surface area contributed by atoms with Crippen LogP contribution in [0, 0.1) is 6.92 Å². The maximum Gasteiger partial charge on any atom is 0.261 e. The standard InChI is InChI=1S/C21H16ClN5OS/c1-12-19(26-20(29-12)14-3-2-7-23-10-14)27-8-6-16-15(21(27)28)9-17(25-16)13-4-5-18(22)24-11-13/h2-5,7,9-11,25H,6,8H2,1H3. The van der Waals surface area contributed by atoms with Crippen LogP contribution in [0.5, 0.6) is 0 Å². The van der Waals surface area contributed by atoms with Gasteiger partial charge >= 0.3 is 0 Å². The van der Waals surface area contributed by atoms with Gasteiger partial charge in [0.15, 0.2) is 0 Å². The van der Waals surface area contributed by atoms with Crippen molar-refractivity contribution >= 4 is 34.7 Å². The van der Waals surface area contributed by atoms with Gasteiger partial charge in [-0.05, 0) is 37.3 Å². The molecule has 1 amide bonds. The smallest absolute Gasteiger partial charge is 0.261 e. The molecule has 0 saturated carbocycles. The van der Waals surface area contributed by atoms with Gasteiger partial charge in [-0.15, -0.1) is 11.3 Å². The summed E-state index contributed by atoms with van der Waals surface area (Å²) in [5.41, 5.74) is 4.33. The van der Waals surface area contributed by atoms with Crippen molar-refractivity contribution < 1.29 is 4.79 Å². The highest BCUT2D eigenvalue weighted by Crippen LogP contribution is 2.35. The fraction of sp³-hybridized carbons (Fsp3) is 0.143. The summed E-state index contributed by atoms with van der Waals surface area (Å²) >= 11 is 7.45. The Labute approximate surface area is 176 Å². The first-order chi connectivity index (χ1) is 14.1. The number of hydrogen-bond acceptors (Lipinski definition) is 5. The van der Waals surface area contributed by atoms with E-state index in [0.29, 0.717) is 17.3 Å². The minimum absolute atomic E-state index is 0.0400. The molecule has 0 unspecified atom stereocenters. The number of thiazole rings is 1. The molecule has 144 valence electrons. The molecule has 8 heteroatoms. The molecule has 6 nitrogen and oxygen atoms in total. The zero-order valence-corrected chi connectivity index (χ0v) is 17.1. The minimum Gasteiger partial charge on any atom is -0.358 e. The molecule has 1 N–H and O–H groups in total. The summed E-state index contributed by atoms with van der Waals surface area (Å²) < 4.78 is 0. The molecule has 0 radical (unpaired) electrons. The van der Waals surface area contributed by atoms with Crippen LogP contribution in [0.4, 0.5) is 5.82 Å². The van der Waals surface area contributed by atoms with Gasteiger partial charge in [-0.25, -0.2) is 9.97 Å². The average molecular weight is 422 g/mol. The minimum atomic E-state index is -0.0400. The molecular formula is C21H16ClN5OS. The molecule has 0 atom stereocenters. The zero-order valence-electron chi connectivity index (χ0n) is 15.5. The monoisotopic (exact) mass is 421 g/mol. The molecule has 4 aromatic rings. The van der Waals surface area contributed by atoms with Gasteiger partial charge in [0.25, 0.3) is 5.91 Å². The Morgan fingerprint density at radius 1 is 1.21 bits per heavy atom. The number of carbonyl (C=O) groups is 1. The van der Waals surface area contributed by atoms with E-state index in [0.717, 1.165) is 44.6 Å². The van der Waals surface area contributed by atoms with Crippen LogP contribution in [-0.2, 0) is 6.42 Å². The predicted molar refractivity (Wildman–Crippen MR) is 114 cm³/mol. The fourth-order valence-electron chi connectivity index (χ4n) is 3.50. The fourth-order valence-corrected chi connectivity index (χ4v) is 4.52. The number of nitrogens with one attached hydrogen (secondary N) is 1. The SMILES string of the molecule is Cc1sc(-c2cccnc2)nc1N1CCc2[nH]c(-c3ccc(Cl)nc3)cc2C1=O. The van der Waals surface area contributed by atoms with E-state index in [1.165, 1.54) is 0 Å². The quantitative estimate of drug-likeness (QED) is 0.484. The normalized spacial score (nSPS) is 13.6. The summed E-state index contributed by atoms with van der Waals surface area (Å²) in [7, 11) is 0. The van der Waals surface area contributed by atoms with E-state index >= 15 is 0 Å². The Morgan fingerprint density at radius 3 is 2.86 bits per heavy atom. The molecule has 29 heavy (non-hydrogen) atoms. The number of hydrogen-bond donors (Lipinski definition) is 1. The number of amides is 1. The lowest BCUT2D eigenvalue weighted by Gasteiger charge is -2.25. The number of anilines is 1. The van der Waals surface area contributed by atoms with E-state index in [1.807, 2.05) is 31.2 Å². The van der Waals surface area contributed by atoms with Gasteiger partial charge in [0.1, 0.15) is 16.0 Å². The van der Waals surface area contributed by atoms with Crippen LogP contribution >= 0.6 is 22.9 Å². The lowest BCUT2D eigenvalue weighted by Crippen LogP contribution is -2.37. The van der Waals surface area contributed by atoms with Crippen molar-refractivity contribution in [2.75, 3.05) is 11.4 Å². The maximum atomic E-state index is 13.2. The van der Waals surface area contributed by atoms with Crippen molar-refractivity contribution in [2.45, 2.75) is 13.3 Å². The van der Waals surface area contributed by atoms with Gasteiger partial charge < -0.3 is 4.98 Å². The lowest BCUT2D eigenvalue weighted by atomic mass is 10.1. The third-order valence-electron chi connectivity index (χ3n) is 4.93. The Morgan fingerprint density at radius 2 is 2.10 bits per heavy atom. The number of aromatic nitrogens is 4. The summed E-state index contributed by atoms with van der Waals surface area (Å²) in [5.74, 6) is 0.683. The molecule has 1 aliphatic heterocycles. The lowest BCUT2D eigenvalue weighted by molar-refractivity contribution is 0.0980. The summed E-state index contributed by atoms with van der Waals surface area (Å²) in [6.45, 7) is 2.58. The molecule has 4 aromatic heterocycles. The van der Waals surface area contributed by atoms with Crippen LogP contribution < -0.4 is 4.90 Å². The number of pyridine rings is 2. The van der Waals surface area contributed by atoms with E-state index in [-0.39, 0.29) is 5.91 Å². The number of nitrogens with zero attached hydrogens (tertiary/aromatic N) is 4. The number of aryl methyl sites for hydroxylation is 1. The van der Waals surface area contributed by atoms with Crippen LogP contribution in [0.1, 0.15) is 20.9 Å². The molecule has 5 rings (SSSR count). The van der Waals surface area contributed by atoms with E-state index in [2.05, 4.69) is 15.0 Å². The third-order valence-corrected chi connectivity index (χ3v) is 6.17. The number of halogens is 1. The topological polar surface area (TPSA) is 74.8 Å². The highest BCUT2D eigenvalue weighted by Gasteiger charge is 2.30. The Bertz CT molecular complexity index is 1200. The first kappa shape index (κ1) is 18.0. The first-order valence-corrected chi connectivity index (χ1v) is 10.3. The molecule has 0 fully saturated rings. The second-order valence-corrected chi connectivity index (χ2v) is 8.38. The number of H-pyrrole nitrogens is 1. The van der Waals surface area contributed by atoms with Crippen molar-refractivity contribution in [2.24, 2.45) is 0 Å². The Hall–Kier alpha value is -3.03.